The second kappa shape index (κ2) is 9.71. The quantitative estimate of drug-likeness (QED) is 0.464. The third-order valence-corrected chi connectivity index (χ3v) is 7.83. The lowest BCUT2D eigenvalue weighted by Crippen LogP contribution is -2.30. The van der Waals surface area contributed by atoms with Crippen LogP contribution in [0.25, 0.3) is 16.7 Å². The fraction of sp³-hybridized carbons (Fsp3) is 0.333. The van der Waals surface area contributed by atoms with Crippen LogP contribution < -0.4 is 10.5 Å². The topological polar surface area (TPSA) is 108 Å². The van der Waals surface area contributed by atoms with Gasteiger partial charge in [0.15, 0.2) is 5.16 Å². The fourth-order valence-corrected chi connectivity index (χ4v) is 5.69. The lowest BCUT2D eigenvalue weighted by atomic mass is 10.2. The minimum atomic E-state index is -3.60. The molecule has 3 rings (SSSR count). The van der Waals surface area contributed by atoms with Crippen LogP contribution >= 0.6 is 11.8 Å². The molecule has 0 saturated carbocycles. The monoisotopic (exact) mass is 462 g/mol. The third kappa shape index (κ3) is 4.86. The molecular formula is C21H26N4O4S2. The van der Waals surface area contributed by atoms with Crippen molar-refractivity contribution in [3.8, 4) is 11.4 Å². The summed E-state index contributed by atoms with van der Waals surface area (Å²) < 4.78 is 34.5. The SMILES string of the molecule is CCN(CC)S(=O)(=O)c1ccc2c(c1)nc(SCCC(N)=O)n2-c1ccc(OC)cc1. The van der Waals surface area contributed by atoms with E-state index in [1.165, 1.54) is 16.1 Å². The number of carbonyl (C=O) groups excluding carboxylic acids is 1. The molecule has 10 heteroatoms. The zero-order valence-corrected chi connectivity index (χ0v) is 19.4. The lowest BCUT2D eigenvalue weighted by Gasteiger charge is -2.18. The van der Waals surface area contributed by atoms with Crippen LogP contribution in [0.1, 0.15) is 20.3 Å². The molecule has 1 aromatic heterocycles. The molecule has 0 unspecified atom stereocenters. The van der Waals surface area contributed by atoms with Gasteiger partial charge in [-0.25, -0.2) is 13.4 Å². The molecule has 0 spiro atoms. The lowest BCUT2D eigenvalue weighted by molar-refractivity contribution is -0.117. The Hall–Kier alpha value is -2.56. The normalized spacial score (nSPS) is 11.9. The van der Waals surface area contributed by atoms with E-state index in [0.717, 1.165) is 17.0 Å². The van der Waals surface area contributed by atoms with Gasteiger partial charge >= 0.3 is 0 Å². The van der Waals surface area contributed by atoms with Gasteiger partial charge in [-0.3, -0.25) is 9.36 Å². The molecule has 0 aliphatic carbocycles. The van der Waals surface area contributed by atoms with E-state index in [0.29, 0.717) is 29.5 Å². The van der Waals surface area contributed by atoms with Crippen LogP contribution in [0.2, 0.25) is 0 Å². The first kappa shape index (κ1) is 23.1. The number of hydrogen-bond acceptors (Lipinski definition) is 6. The maximum absolute atomic E-state index is 12.9. The largest absolute Gasteiger partial charge is 0.497 e. The van der Waals surface area contributed by atoms with Gasteiger partial charge in [-0.2, -0.15) is 4.31 Å². The second-order valence-electron chi connectivity index (χ2n) is 6.73. The van der Waals surface area contributed by atoms with E-state index >= 15 is 0 Å². The first-order chi connectivity index (χ1) is 14.8. The number of carbonyl (C=O) groups is 1. The van der Waals surface area contributed by atoms with Crippen LogP contribution in [-0.4, -0.2) is 54.1 Å². The highest BCUT2D eigenvalue weighted by Gasteiger charge is 2.23. The van der Waals surface area contributed by atoms with Crippen molar-refractivity contribution in [3.05, 3.63) is 42.5 Å². The van der Waals surface area contributed by atoms with E-state index in [1.807, 2.05) is 42.7 Å². The number of nitrogens with zero attached hydrogens (tertiary/aromatic N) is 3. The summed E-state index contributed by atoms with van der Waals surface area (Å²) in [5, 5.41) is 0.652. The number of aromatic nitrogens is 2. The number of methoxy groups -OCH3 is 1. The minimum Gasteiger partial charge on any atom is -0.497 e. The van der Waals surface area contributed by atoms with Gasteiger partial charge in [-0.05, 0) is 42.5 Å². The minimum absolute atomic E-state index is 0.205. The van der Waals surface area contributed by atoms with Crippen molar-refractivity contribution in [2.24, 2.45) is 5.73 Å². The highest BCUT2D eigenvalue weighted by molar-refractivity contribution is 7.99. The predicted molar refractivity (Wildman–Crippen MR) is 122 cm³/mol. The van der Waals surface area contributed by atoms with Crippen molar-refractivity contribution in [2.75, 3.05) is 26.0 Å². The number of fused-ring (bicyclic) bond motifs is 1. The third-order valence-electron chi connectivity index (χ3n) is 4.85. The average Bonchev–Trinajstić information content (AvgIpc) is 3.11. The number of sulfonamides is 1. The molecule has 0 bridgehead atoms. The van der Waals surface area contributed by atoms with Gasteiger partial charge < -0.3 is 10.5 Å². The summed E-state index contributed by atoms with van der Waals surface area (Å²) in [7, 11) is -2.00. The maximum atomic E-state index is 12.9. The van der Waals surface area contributed by atoms with Gasteiger partial charge in [0, 0.05) is 31.0 Å². The Balaban J connectivity index is 2.11. The highest BCUT2D eigenvalue weighted by atomic mass is 32.2. The zero-order chi connectivity index (χ0) is 22.6. The van der Waals surface area contributed by atoms with E-state index in [1.54, 1.807) is 25.3 Å². The molecule has 166 valence electrons. The van der Waals surface area contributed by atoms with Crippen molar-refractivity contribution < 1.29 is 17.9 Å². The Kier molecular flexibility index (Phi) is 7.24. The molecule has 0 atom stereocenters. The van der Waals surface area contributed by atoms with E-state index < -0.39 is 10.0 Å². The first-order valence-electron chi connectivity index (χ1n) is 9.90. The van der Waals surface area contributed by atoms with Crippen molar-refractivity contribution in [2.45, 2.75) is 30.3 Å². The predicted octanol–water partition coefficient (Wildman–Crippen LogP) is 3.03. The van der Waals surface area contributed by atoms with E-state index in [-0.39, 0.29) is 17.2 Å². The van der Waals surface area contributed by atoms with Crippen LogP contribution in [0.4, 0.5) is 0 Å². The van der Waals surface area contributed by atoms with Crippen LogP contribution in [0, 0.1) is 0 Å². The van der Waals surface area contributed by atoms with Gasteiger partial charge in [0.25, 0.3) is 0 Å². The maximum Gasteiger partial charge on any atom is 0.243 e. The van der Waals surface area contributed by atoms with Gasteiger partial charge in [0.1, 0.15) is 5.75 Å². The molecule has 1 heterocycles. The number of ether oxygens (including phenoxy) is 1. The standard InChI is InChI=1S/C21H26N4O4S2/c1-4-24(5-2)31(27,28)17-10-11-19-18(14-17)23-21(30-13-12-20(22)26)25(19)15-6-8-16(29-3)9-7-15/h6-11,14H,4-5,12-13H2,1-3H3,(H2,22,26). The van der Waals surface area contributed by atoms with Crippen molar-refractivity contribution in [1.29, 1.82) is 0 Å². The Morgan fingerprint density at radius 3 is 2.42 bits per heavy atom. The van der Waals surface area contributed by atoms with Gasteiger partial charge in [-0.15, -0.1) is 0 Å². The van der Waals surface area contributed by atoms with Gasteiger partial charge in [0.05, 0.1) is 23.0 Å². The highest BCUT2D eigenvalue weighted by Crippen LogP contribution is 2.31. The van der Waals surface area contributed by atoms with Crippen LogP contribution in [0.3, 0.4) is 0 Å². The molecule has 3 aromatic rings. The molecule has 2 aromatic carbocycles. The van der Waals surface area contributed by atoms with Crippen LogP contribution in [0.15, 0.2) is 52.5 Å². The molecule has 31 heavy (non-hydrogen) atoms. The Labute approximate surface area is 186 Å². The molecule has 8 nitrogen and oxygen atoms in total. The number of benzene rings is 2. The van der Waals surface area contributed by atoms with Gasteiger partial charge in [0.2, 0.25) is 15.9 Å². The number of hydrogen-bond donors (Lipinski definition) is 1. The molecule has 0 aliphatic heterocycles. The molecule has 0 saturated heterocycles. The molecule has 2 N–H and O–H groups in total. The summed E-state index contributed by atoms with van der Waals surface area (Å²) in [5.41, 5.74) is 7.45. The number of rotatable bonds is 10. The summed E-state index contributed by atoms with van der Waals surface area (Å²) >= 11 is 1.39. The van der Waals surface area contributed by atoms with Crippen LogP contribution in [0.5, 0.6) is 5.75 Å². The fourth-order valence-electron chi connectivity index (χ4n) is 3.23. The van der Waals surface area contributed by atoms with E-state index in [9.17, 15) is 13.2 Å². The smallest absolute Gasteiger partial charge is 0.243 e. The molecular weight excluding hydrogens is 436 g/mol. The average molecular weight is 463 g/mol. The first-order valence-corrected chi connectivity index (χ1v) is 12.3. The number of amides is 1. The van der Waals surface area contributed by atoms with Gasteiger partial charge in [-0.1, -0.05) is 25.6 Å². The Bertz CT molecular complexity index is 1170. The summed E-state index contributed by atoms with van der Waals surface area (Å²) in [4.78, 5) is 16.0. The summed E-state index contributed by atoms with van der Waals surface area (Å²) in [6, 6.07) is 12.5. The molecule has 0 fully saturated rings. The summed E-state index contributed by atoms with van der Waals surface area (Å²) in [6.07, 6.45) is 0.220. The molecule has 1 amide bonds. The number of thioether (sulfide) groups is 1. The summed E-state index contributed by atoms with van der Waals surface area (Å²) in [6.45, 7) is 4.41. The Morgan fingerprint density at radius 1 is 1.16 bits per heavy atom. The zero-order valence-electron chi connectivity index (χ0n) is 17.7. The number of imidazole rings is 1. The number of primary amides is 1. The number of nitrogens with two attached hydrogens (primary N) is 1. The van der Waals surface area contributed by atoms with E-state index in [2.05, 4.69) is 4.98 Å². The van der Waals surface area contributed by atoms with E-state index in [4.69, 9.17) is 10.5 Å². The second-order valence-corrected chi connectivity index (χ2v) is 9.73. The molecule has 0 radical (unpaired) electrons. The summed E-state index contributed by atoms with van der Waals surface area (Å²) in [5.74, 6) is 0.815. The Morgan fingerprint density at radius 2 is 1.84 bits per heavy atom. The van der Waals surface area contributed by atoms with Crippen molar-refractivity contribution in [1.82, 2.24) is 13.9 Å². The van der Waals surface area contributed by atoms with Crippen LogP contribution in [-0.2, 0) is 14.8 Å². The van der Waals surface area contributed by atoms with Crippen molar-refractivity contribution in [3.63, 3.8) is 0 Å². The molecule has 0 aliphatic rings. The van der Waals surface area contributed by atoms with Crippen molar-refractivity contribution >= 4 is 38.7 Å².